The summed E-state index contributed by atoms with van der Waals surface area (Å²) < 4.78 is 24.7. The highest BCUT2D eigenvalue weighted by molar-refractivity contribution is 7.89. The summed E-state index contributed by atoms with van der Waals surface area (Å²) in [4.78, 5) is 14.6. The fourth-order valence-corrected chi connectivity index (χ4v) is 6.97. The van der Waals surface area contributed by atoms with E-state index in [1.54, 1.807) is 0 Å². The fourth-order valence-electron chi connectivity index (χ4n) is 5.72. The SMILES string of the molecule is O=C(CC12CC3CC(CC(C3)C1)C2)NNS(=O)(=O)c1ccc(Cl)c(Cl)c1. The van der Waals surface area contributed by atoms with Crippen molar-refractivity contribution in [3.8, 4) is 0 Å². The number of hydrazine groups is 1. The first kappa shape index (κ1) is 18.5. The molecule has 0 heterocycles. The van der Waals surface area contributed by atoms with Crippen LogP contribution in [0.2, 0.25) is 10.0 Å². The molecule has 2 N–H and O–H groups in total. The lowest BCUT2D eigenvalue weighted by atomic mass is 9.49. The summed E-state index contributed by atoms with van der Waals surface area (Å²) in [6, 6.07) is 4.02. The van der Waals surface area contributed by atoms with Crippen molar-refractivity contribution in [2.24, 2.45) is 23.2 Å². The third-order valence-electron chi connectivity index (χ3n) is 6.23. The van der Waals surface area contributed by atoms with Crippen LogP contribution in [0.3, 0.4) is 0 Å². The van der Waals surface area contributed by atoms with Crippen LogP contribution in [0.25, 0.3) is 0 Å². The van der Waals surface area contributed by atoms with Crippen LogP contribution in [0.5, 0.6) is 0 Å². The van der Waals surface area contributed by atoms with Gasteiger partial charge in [-0.15, -0.1) is 4.83 Å². The number of carbonyl (C=O) groups is 1. The van der Waals surface area contributed by atoms with Gasteiger partial charge in [0.25, 0.3) is 10.0 Å². The van der Waals surface area contributed by atoms with Crippen molar-refractivity contribution in [3.05, 3.63) is 28.2 Å². The van der Waals surface area contributed by atoms with Gasteiger partial charge < -0.3 is 0 Å². The van der Waals surface area contributed by atoms with E-state index in [0.717, 1.165) is 37.0 Å². The molecule has 0 aromatic heterocycles. The van der Waals surface area contributed by atoms with Gasteiger partial charge in [0.2, 0.25) is 5.91 Å². The standard InChI is InChI=1S/C18H22Cl2N2O3S/c19-15-2-1-14(6-16(15)20)26(24,25)22-21-17(23)10-18-7-11-3-12(8-18)5-13(4-11)9-18/h1-2,6,11-13,22H,3-5,7-10H2,(H,21,23). The Bertz CT molecular complexity index is 806. The number of hydrogen-bond donors (Lipinski definition) is 2. The first-order valence-electron chi connectivity index (χ1n) is 9.00. The number of hydrogen-bond acceptors (Lipinski definition) is 3. The second-order valence-electron chi connectivity index (χ2n) is 8.32. The molecule has 4 bridgehead atoms. The van der Waals surface area contributed by atoms with Crippen LogP contribution in [-0.2, 0) is 14.8 Å². The minimum Gasteiger partial charge on any atom is -0.278 e. The van der Waals surface area contributed by atoms with Gasteiger partial charge in [0, 0.05) is 6.42 Å². The van der Waals surface area contributed by atoms with Gasteiger partial charge in [-0.2, -0.15) is 0 Å². The van der Waals surface area contributed by atoms with Crippen LogP contribution >= 0.6 is 23.2 Å². The Kier molecular flexibility index (Phi) is 4.75. The molecule has 4 saturated carbocycles. The predicted octanol–water partition coefficient (Wildman–Crippen LogP) is 3.91. The number of benzene rings is 1. The number of halogens is 2. The summed E-state index contributed by atoms with van der Waals surface area (Å²) in [5.74, 6) is 1.99. The first-order valence-corrected chi connectivity index (χ1v) is 11.2. The Hall–Kier alpha value is -0.820. The van der Waals surface area contributed by atoms with E-state index in [1.165, 1.54) is 37.5 Å². The molecule has 142 valence electrons. The Labute approximate surface area is 163 Å². The molecule has 5 nitrogen and oxygen atoms in total. The summed E-state index contributed by atoms with van der Waals surface area (Å²) in [5, 5.41) is 0.422. The molecule has 0 saturated heterocycles. The quantitative estimate of drug-likeness (QED) is 0.714. The van der Waals surface area contributed by atoms with Crippen LogP contribution in [0.4, 0.5) is 0 Å². The molecule has 1 amide bonds. The van der Waals surface area contributed by atoms with Gasteiger partial charge in [0.15, 0.2) is 0 Å². The van der Waals surface area contributed by atoms with Crippen LogP contribution in [0.1, 0.15) is 44.9 Å². The zero-order valence-corrected chi connectivity index (χ0v) is 16.6. The third kappa shape index (κ3) is 3.61. The minimum absolute atomic E-state index is 0.0398. The van der Waals surface area contributed by atoms with E-state index in [1.807, 2.05) is 0 Å². The number of amides is 1. The van der Waals surface area contributed by atoms with Crippen molar-refractivity contribution in [1.29, 1.82) is 0 Å². The summed E-state index contributed by atoms with van der Waals surface area (Å²) >= 11 is 11.7. The summed E-state index contributed by atoms with van der Waals surface area (Å²) in [5.41, 5.74) is 2.44. The van der Waals surface area contributed by atoms with Crippen molar-refractivity contribution < 1.29 is 13.2 Å². The van der Waals surface area contributed by atoms with Crippen molar-refractivity contribution in [2.45, 2.75) is 49.8 Å². The normalized spacial score (nSPS) is 32.6. The van der Waals surface area contributed by atoms with Crippen molar-refractivity contribution in [2.75, 3.05) is 0 Å². The lowest BCUT2D eigenvalue weighted by molar-refractivity contribution is -0.129. The fraction of sp³-hybridized carbons (Fsp3) is 0.611. The van der Waals surface area contributed by atoms with E-state index < -0.39 is 10.0 Å². The summed E-state index contributed by atoms with van der Waals surface area (Å²) in [7, 11) is -3.89. The van der Waals surface area contributed by atoms with Gasteiger partial charge in [0.05, 0.1) is 14.9 Å². The van der Waals surface area contributed by atoms with Crippen molar-refractivity contribution in [3.63, 3.8) is 0 Å². The Morgan fingerprint density at radius 1 is 1.04 bits per heavy atom. The molecule has 0 unspecified atom stereocenters. The van der Waals surface area contributed by atoms with E-state index in [0.29, 0.717) is 6.42 Å². The monoisotopic (exact) mass is 416 g/mol. The Morgan fingerprint density at radius 3 is 2.15 bits per heavy atom. The molecule has 4 aliphatic carbocycles. The smallest absolute Gasteiger partial charge is 0.257 e. The highest BCUT2D eigenvalue weighted by Gasteiger charge is 2.51. The van der Waals surface area contributed by atoms with Gasteiger partial charge in [-0.1, -0.05) is 23.2 Å². The third-order valence-corrected chi connectivity index (χ3v) is 8.21. The molecule has 1 aromatic rings. The average Bonchev–Trinajstić information content (AvgIpc) is 2.54. The molecular weight excluding hydrogens is 395 g/mol. The van der Waals surface area contributed by atoms with Gasteiger partial charge >= 0.3 is 0 Å². The van der Waals surface area contributed by atoms with Gasteiger partial charge in [0.1, 0.15) is 0 Å². The number of rotatable bonds is 5. The van der Waals surface area contributed by atoms with E-state index in [2.05, 4.69) is 10.3 Å². The van der Waals surface area contributed by atoms with Crippen LogP contribution in [0.15, 0.2) is 23.1 Å². The molecule has 1 aromatic carbocycles. The van der Waals surface area contributed by atoms with Crippen molar-refractivity contribution >= 4 is 39.1 Å². The van der Waals surface area contributed by atoms with Gasteiger partial charge in [-0.05, 0) is 79.9 Å². The molecule has 4 aliphatic rings. The number of carbonyl (C=O) groups excluding carboxylic acids is 1. The largest absolute Gasteiger partial charge is 0.278 e. The molecule has 4 fully saturated rings. The van der Waals surface area contributed by atoms with E-state index >= 15 is 0 Å². The van der Waals surface area contributed by atoms with E-state index in [4.69, 9.17) is 23.2 Å². The van der Waals surface area contributed by atoms with Crippen LogP contribution in [-0.4, -0.2) is 14.3 Å². The summed E-state index contributed by atoms with van der Waals surface area (Å²) in [6.45, 7) is 0. The second-order valence-corrected chi connectivity index (χ2v) is 10.8. The maximum Gasteiger partial charge on any atom is 0.257 e. The minimum atomic E-state index is -3.89. The molecule has 8 heteroatoms. The zero-order chi connectivity index (χ0) is 18.5. The van der Waals surface area contributed by atoms with Crippen molar-refractivity contribution in [1.82, 2.24) is 10.3 Å². The van der Waals surface area contributed by atoms with E-state index in [9.17, 15) is 13.2 Å². The van der Waals surface area contributed by atoms with Crippen LogP contribution < -0.4 is 10.3 Å². The van der Waals surface area contributed by atoms with Crippen LogP contribution in [0, 0.1) is 23.2 Å². The molecule has 26 heavy (non-hydrogen) atoms. The lowest BCUT2D eigenvalue weighted by Gasteiger charge is -2.56. The number of sulfonamides is 1. The number of nitrogens with one attached hydrogen (secondary N) is 2. The van der Waals surface area contributed by atoms with Gasteiger partial charge in [-0.25, -0.2) is 8.42 Å². The molecule has 5 rings (SSSR count). The zero-order valence-electron chi connectivity index (χ0n) is 14.3. The second kappa shape index (κ2) is 6.66. The topological polar surface area (TPSA) is 75.3 Å². The summed E-state index contributed by atoms with van der Waals surface area (Å²) in [6.07, 6.45) is 7.63. The predicted molar refractivity (Wildman–Crippen MR) is 100 cm³/mol. The highest BCUT2D eigenvalue weighted by atomic mass is 35.5. The maximum atomic E-state index is 12.4. The Morgan fingerprint density at radius 2 is 1.62 bits per heavy atom. The van der Waals surface area contributed by atoms with E-state index in [-0.39, 0.29) is 26.3 Å². The average molecular weight is 417 g/mol. The molecule has 0 atom stereocenters. The Balaban J connectivity index is 1.39. The molecule has 0 aliphatic heterocycles. The highest BCUT2D eigenvalue weighted by Crippen LogP contribution is 2.61. The molecular formula is C18H22Cl2N2O3S. The first-order chi connectivity index (χ1) is 12.2. The maximum absolute atomic E-state index is 12.4. The molecule has 0 radical (unpaired) electrons. The van der Waals surface area contributed by atoms with Gasteiger partial charge in [-0.3, -0.25) is 10.2 Å². The lowest BCUT2D eigenvalue weighted by Crippen LogP contribution is -2.50. The molecule has 0 spiro atoms.